The smallest absolute Gasteiger partial charge is 0.428 e. The zero-order valence-electron chi connectivity index (χ0n) is 7.76. The molecule has 0 saturated carbocycles. The first-order valence-corrected chi connectivity index (χ1v) is 4.32. The molecule has 6 heteroatoms. The van der Waals surface area contributed by atoms with Gasteiger partial charge in [-0.2, -0.15) is 0 Å². The van der Waals surface area contributed by atoms with Crippen molar-refractivity contribution in [2.45, 2.75) is 6.32 Å². The molecular weight excluding hydrogens is 180 g/mol. The Balaban J connectivity index is 2.47. The number of benzene rings is 1. The molecular formula is C8H12B2NO3. The van der Waals surface area contributed by atoms with Crippen LogP contribution < -0.4 is 11.2 Å². The van der Waals surface area contributed by atoms with Gasteiger partial charge in [0.2, 0.25) is 0 Å². The molecule has 0 unspecified atom stereocenters. The predicted molar refractivity (Wildman–Crippen MR) is 55.9 cm³/mol. The van der Waals surface area contributed by atoms with Gasteiger partial charge in [-0.3, -0.25) is 0 Å². The monoisotopic (exact) mass is 192 g/mol. The van der Waals surface area contributed by atoms with Gasteiger partial charge in [0.05, 0.1) is 6.73 Å². The molecule has 0 spiro atoms. The molecule has 1 radical (unpaired) electrons. The molecule has 4 N–H and O–H groups in total. The van der Waals surface area contributed by atoms with E-state index in [0.29, 0.717) is 11.8 Å². The number of hydrogen-bond acceptors (Lipinski definition) is 4. The predicted octanol–water partition coefficient (Wildman–Crippen LogP) is -1.58. The van der Waals surface area contributed by atoms with E-state index in [-0.39, 0.29) is 6.73 Å². The maximum absolute atomic E-state index is 8.84. The second kappa shape index (κ2) is 5.82. The Bertz CT molecular complexity index is 266. The summed E-state index contributed by atoms with van der Waals surface area (Å²) in [6, 6.07) is 6.95. The SMILES string of the molecule is NCO[B]Cc1ccc(B(O)O)cc1. The molecule has 0 amide bonds. The number of nitrogens with two attached hydrogens (primary N) is 1. The van der Waals surface area contributed by atoms with Gasteiger partial charge in [-0.15, -0.1) is 0 Å². The van der Waals surface area contributed by atoms with Gasteiger partial charge in [-0.25, -0.2) is 0 Å². The van der Waals surface area contributed by atoms with E-state index >= 15 is 0 Å². The molecule has 0 aromatic heterocycles. The quantitative estimate of drug-likeness (QED) is 0.299. The molecule has 0 aliphatic heterocycles. The van der Waals surface area contributed by atoms with E-state index in [4.69, 9.17) is 20.4 Å². The third kappa shape index (κ3) is 3.51. The summed E-state index contributed by atoms with van der Waals surface area (Å²) in [6.45, 7) is 0.174. The highest BCUT2D eigenvalue weighted by Crippen LogP contribution is 1.97. The van der Waals surface area contributed by atoms with Gasteiger partial charge in [0.1, 0.15) is 0 Å². The minimum atomic E-state index is -1.41. The van der Waals surface area contributed by atoms with E-state index in [9.17, 15) is 0 Å². The van der Waals surface area contributed by atoms with E-state index in [1.54, 1.807) is 19.6 Å². The third-order valence-electron chi connectivity index (χ3n) is 1.81. The molecule has 0 atom stereocenters. The minimum absolute atomic E-state index is 0.174. The summed E-state index contributed by atoms with van der Waals surface area (Å²) >= 11 is 0. The maximum Gasteiger partial charge on any atom is 0.488 e. The Morgan fingerprint density at radius 2 is 1.93 bits per heavy atom. The zero-order valence-corrected chi connectivity index (χ0v) is 7.76. The highest BCUT2D eigenvalue weighted by atomic mass is 16.4. The number of hydrogen-bond donors (Lipinski definition) is 3. The molecule has 1 aromatic rings. The summed E-state index contributed by atoms with van der Waals surface area (Å²) in [4.78, 5) is 0. The van der Waals surface area contributed by atoms with Crippen LogP contribution in [-0.2, 0) is 11.0 Å². The van der Waals surface area contributed by atoms with Gasteiger partial charge >= 0.3 is 7.12 Å². The summed E-state index contributed by atoms with van der Waals surface area (Å²) < 4.78 is 4.87. The van der Waals surface area contributed by atoms with E-state index < -0.39 is 7.12 Å². The fraction of sp³-hybridized carbons (Fsp3) is 0.250. The van der Waals surface area contributed by atoms with E-state index in [1.165, 1.54) is 0 Å². The van der Waals surface area contributed by atoms with Crippen LogP contribution in [-0.4, -0.2) is 31.4 Å². The summed E-state index contributed by atoms with van der Waals surface area (Å²) in [5.41, 5.74) is 6.65. The molecule has 14 heavy (non-hydrogen) atoms. The summed E-state index contributed by atoms with van der Waals surface area (Å²) in [6.07, 6.45) is 0.652. The first-order valence-electron chi connectivity index (χ1n) is 4.32. The standard InChI is InChI=1S/C8H12B2NO3/c11-6-14-9-5-7-1-3-8(4-2-7)10(12)13/h1-4,12-13H,5-6,11H2. The topological polar surface area (TPSA) is 75.7 Å². The van der Waals surface area contributed by atoms with Gasteiger partial charge in [0.15, 0.2) is 0 Å². The normalized spacial score (nSPS) is 9.93. The molecule has 0 heterocycles. The van der Waals surface area contributed by atoms with Gasteiger partial charge in [-0.1, -0.05) is 29.8 Å². The van der Waals surface area contributed by atoms with Gasteiger partial charge in [0, 0.05) is 0 Å². The van der Waals surface area contributed by atoms with Crippen LogP contribution in [0.5, 0.6) is 0 Å². The van der Waals surface area contributed by atoms with Crippen molar-refractivity contribution < 1.29 is 14.7 Å². The van der Waals surface area contributed by atoms with Crippen molar-refractivity contribution in [2.24, 2.45) is 5.73 Å². The highest BCUT2D eigenvalue weighted by Gasteiger charge is 2.09. The summed E-state index contributed by atoms with van der Waals surface area (Å²) in [5, 5.41) is 17.7. The van der Waals surface area contributed by atoms with E-state index in [2.05, 4.69) is 0 Å². The highest BCUT2D eigenvalue weighted by molar-refractivity contribution is 6.58. The molecule has 0 fully saturated rings. The first-order chi connectivity index (χ1) is 6.74. The van der Waals surface area contributed by atoms with Gasteiger partial charge in [-0.05, 0) is 11.8 Å². The lowest BCUT2D eigenvalue weighted by Crippen LogP contribution is -2.29. The van der Waals surface area contributed by atoms with Crippen molar-refractivity contribution in [3.05, 3.63) is 29.8 Å². The minimum Gasteiger partial charge on any atom is -0.428 e. The van der Waals surface area contributed by atoms with Crippen molar-refractivity contribution in [1.29, 1.82) is 0 Å². The lowest BCUT2D eigenvalue weighted by molar-refractivity contribution is 0.348. The van der Waals surface area contributed by atoms with Crippen LogP contribution in [0.1, 0.15) is 5.56 Å². The Labute approximate surface area is 84.1 Å². The largest absolute Gasteiger partial charge is 0.488 e. The van der Waals surface area contributed by atoms with E-state index in [0.717, 1.165) is 5.56 Å². The molecule has 0 aliphatic rings. The van der Waals surface area contributed by atoms with E-state index in [1.807, 2.05) is 12.1 Å². The summed E-state index contributed by atoms with van der Waals surface area (Å²) in [5.74, 6) is 0. The average Bonchev–Trinajstić information content (AvgIpc) is 2.19. The number of rotatable bonds is 5. The fourth-order valence-electron chi connectivity index (χ4n) is 1.05. The Hall–Kier alpha value is -0.810. The Kier molecular flexibility index (Phi) is 4.69. The van der Waals surface area contributed by atoms with Crippen molar-refractivity contribution in [3.63, 3.8) is 0 Å². The average molecular weight is 192 g/mol. The second-order valence-corrected chi connectivity index (χ2v) is 2.82. The van der Waals surface area contributed by atoms with Crippen molar-refractivity contribution in [1.82, 2.24) is 0 Å². The molecule has 0 bridgehead atoms. The van der Waals surface area contributed by atoms with Crippen LogP contribution in [0.15, 0.2) is 24.3 Å². The molecule has 73 valence electrons. The zero-order chi connectivity index (χ0) is 10.4. The van der Waals surface area contributed by atoms with Crippen LogP contribution in [0.3, 0.4) is 0 Å². The molecule has 0 aliphatic carbocycles. The second-order valence-electron chi connectivity index (χ2n) is 2.82. The van der Waals surface area contributed by atoms with Crippen molar-refractivity contribution in [2.75, 3.05) is 6.73 Å². The molecule has 0 saturated heterocycles. The first kappa shape index (κ1) is 11.3. The van der Waals surface area contributed by atoms with Crippen LogP contribution in [0, 0.1) is 0 Å². The van der Waals surface area contributed by atoms with Gasteiger partial charge < -0.3 is 20.4 Å². The fourth-order valence-corrected chi connectivity index (χ4v) is 1.05. The van der Waals surface area contributed by atoms with Crippen LogP contribution in [0.25, 0.3) is 0 Å². The van der Waals surface area contributed by atoms with Crippen LogP contribution in [0.4, 0.5) is 0 Å². The molecule has 1 rings (SSSR count). The Morgan fingerprint density at radius 1 is 1.29 bits per heavy atom. The molecule has 4 nitrogen and oxygen atoms in total. The van der Waals surface area contributed by atoms with Gasteiger partial charge in [0.25, 0.3) is 7.48 Å². The molecule has 1 aromatic carbocycles. The van der Waals surface area contributed by atoms with Crippen LogP contribution in [0.2, 0.25) is 0 Å². The van der Waals surface area contributed by atoms with Crippen molar-refractivity contribution in [3.8, 4) is 0 Å². The summed E-state index contributed by atoms with van der Waals surface area (Å²) in [7, 11) is 0.206. The lowest BCUT2D eigenvalue weighted by atomic mass is 9.79. The Morgan fingerprint density at radius 3 is 2.43 bits per heavy atom. The lowest BCUT2D eigenvalue weighted by Gasteiger charge is -2.02. The maximum atomic E-state index is 8.84. The third-order valence-corrected chi connectivity index (χ3v) is 1.81. The van der Waals surface area contributed by atoms with Crippen LogP contribution >= 0.6 is 0 Å². The van der Waals surface area contributed by atoms with Crippen molar-refractivity contribution >= 4 is 20.1 Å².